The van der Waals surface area contributed by atoms with Gasteiger partial charge in [-0.05, 0) is 38.2 Å². The molecule has 120 valence electrons. The van der Waals surface area contributed by atoms with E-state index >= 15 is 0 Å². The highest BCUT2D eigenvalue weighted by molar-refractivity contribution is 5.89. The van der Waals surface area contributed by atoms with E-state index in [1.807, 2.05) is 24.3 Å². The number of amides is 2. The summed E-state index contributed by atoms with van der Waals surface area (Å²) in [6.45, 7) is 6.05. The van der Waals surface area contributed by atoms with Crippen LogP contribution in [0.5, 0.6) is 0 Å². The van der Waals surface area contributed by atoms with E-state index in [9.17, 15) is 9.59 Å². The van der Waals surface area contributed by atoms with Gasteiger partial charge in [0.15, 0.2) is 0 Å². The van der Waals surface area contributed by atoms with Gasteiger partial charge in [0.25, 0.3) is 0 Å². The molecule has 2 N–H and O–H groups in total. The van der Waals surface area contributed by atoms with Crippen molar-refractivity contribution in [2.24, 2.45) is 0 Å². The maximum Gasteiger partial charge on any atom is 0.319 e. The highest BCUT2D eigenvalue weighted by atomic mass is 16.2. The molecule has 0 aliphatic carbocycles. The molecular formula is C16H24N4O2. The molecule has 2 rings (SSSR count). The van der Waals surface area contributed by atoms with Crippen LogP contribution in [-0.2, 0) is 4.79 Å². The number of nitrogens with one attached hydrogen (secondary N) is 2. The number of ketones is 1. The molecule has 6 heteroatoms. The van der Waals surface area contributed by atoms with E-state index in [2.05, 4.69) is 27.5 Å². The van der Waals surface area contributed by atoms with Gasteiger partial charge < -0.3 is 20.4 Å². The normalized spacial score (nSPS) is 15.5. The van der Waals surface area contributed by atoms with Gasteiger partial charge in [0.1, 0.15) is 5.78 Å². The van der Waals surface area contributed by atoms with Gasteiger partial charge >= 0.3 is 6.03 Å². The zero-order valence-electron chi connectivity index (χ0n) is 13.3. The Bertz CT molecular complexity index is 507. The van der Waals surface area contributed by atoms with Crippen molar-refractivity contribution in [3.05, 3.63) is 24.3 Å². The van der Waals surface area contributed by atoms with Crippen LogP contribution in [0.2, 0.25) is 0 Å². The predicted octanol–water partition coefficient (Wildman–Crippen LogP) is 1.54. The zero-order chi connectivity index (χ0) is 15.9. The lowest BCUT2D eigenvalue weighted by atomic mass is 10.2. The highest BCUT2D eigenvalue weighted by Gasteiger charge is 2.14. The molecule has 6 nitrogen and oxygen atoms in total. The molecule has 1 fully saturated rings. The van der Waals surface area contributed by atoms with Crippen molar-refractivity contribution in [1.29, 1.82) is 0 Å². The molecule has 1 aromatic carbocycles. The Morgan fingerprint density at radius 2 is 1.73 bits per heavy atom. The number of carbonyl (C=O) groups excluding carboxylic acids is 2. The number of carbonyl (C=O) groups is 2. The number of piperazine rings is 1. The Morgan fingerprint density at radius 1 is 1.09 bits per heavy atom. The molecule has 0 saturated carbocycles. The van der Waals surface area contributed by atoms with Crippen LogP contribution in [0.4, 0.5) is 16.2 Å². The third-order valence-corrected chi connectivity index (χ3v) is 3.76. The Balaban J connectivity index is 1.81. The van der Waals surface area contributed by atoms with Crippen LogP contribution < -0.4 is 15.5 Å². The van der Waals surface area contributed by atoms with Gasteiger partial charge in [0, 0.05) is 50.5 Å². The summed E-state index contributed by atoms with van der Waals surface area (Å²) in [4.78, 5) is 27.1. The number of likely N-dealkylation sites (N-methyl/N-ethyl adjacent to an activating group) is 1. The average Bonchev–Trinajstić information content (AvgIpc) is 2.48. The van der Waals surface area contributed by atoms with Gasteiger partial charge in [-0.15, -0.1) is 0 Å². The standard InChI is InChI=1S/C16H24N4O2/c1-13(21)7-8-17-16(22)18-14-3-5-15(6-4-14)20-11-9-19(2)10-12-20/h3-6H,7-12H2,1-2H3,(H2,17,18,22). The summed E-state index contributed by atoms with van der Waals surface area (Å²) in [5.41, 5.74) is 1.92. The lowest BCUT2D eigenvalue weighted by molar-refractivity contribution is -0.116. The van der Waals surface area contributed by atoms with Crippen LogP contribution in [0.15, 0.2) is 24.3 Å². The lowest BCUT2D eigenvalue weighted by Gasteiger charge is -2.34. The van der Waals surface area contributed by atoms with E-state index in [4.69, 9.17) is 0 Å². The fourth-order valence-electron chi connectivity index (χ4n) is 2.35. The van der Waals surface area contributed by atoms with Crippen LogP contribution in [0.25, 0.3) is 0 Å². The molecule has 0 aromatic heterocycles. The monoisotopic (exact) mass is 304 g/mol. The van der Waals surface area contributed by atoms with Gasteiger partial charge in [-0.2, -0.15) is 0 Å². The van der Waals surface area contributed by atoms with Gasteiger partial charge in [0.2, 0.25) is 0 Å². The zero-order valence-corrected chi connectivity index (χ0v) is 13.3. The molecule has 2 amide bonds. The SMILES string of the molecule is CC(=O)CCNC(=O)Nc1ccc(N2CCN(C)CC2)cc1. The number of nitrogens with zero attached hydrogens (tertiary/aromatic N) is 2. The molecule has 1 saturated heterocycles. The first-order valence-electron chi connectivity index (χ1n) is 7.62. The third-order valence-electron chi connectivity index (χ3n) is 3.76. The van der Waals surface area contributed by atoms with Crippen molar-refractivity contribution in [3.63, 3.8) is 0 Å². The molecule has 0 bridgehead atoms. The fraction of sp³-hybridized carbons (Fsp3) is 0.500. The fourth-order valence-corrected chi connectivity index (χ4v) is 2.35. The summed E-state index contributed by atoms with van der Waals surface area (Å²) in [7, 11) is 2.13. The Morgan fingerprint density at radius 3 is 2.32 bits per heavy atom. The molecule has 1 aliphatic heterocycles. The average molecular weight is 304 g/mol. The van der Waals surface area contributed by atoms with Crippen molar-refractivity contribution in [2.75, 3.05) is 50.0 Å². The van der Waals surface area contributed by atoms with E-state index < -0.39 is 0 Å². The second-order valence-corrected chi connectivity index (χ2v) is 5.67. The summed E-state index contributed by atoms with van der Waals surface area (Å²) in [6.07, 6.45) is 0.357. The molecule has 0 unspecified atom stereocenters. The molecule has 1 aliphatic rings. The first kappa shape index (κ1) is 16.3. The molecule has 1 heterocycles. The largest absolute Gasteiger partial charge is 0.369 e. The van der Waals surface area contributed by atoms with E-state index in [-0.39, 0.29) is 11.8 Å². The van der Waals surface area contributed by atoms with Crippen molar-refractivity contribution >= 4 is 23.2 Å². The van der Waals surface area contributed by atoms with E-state index in [1.165, 1.54) is 12.6 Å². The van der Waals surface area contributed by atoms with Crippen LogP contribution >= 0.6 is 0 Å². The summed E-state index contributed by atoms with van der Waals surface area (Å²) in [5.74, 6) is 0.0665. The quantitative estimate of drug-likeness (QED) is 0.866. The van der Waals surface area contributed by atoms with Crippen molar-refractivity contribution in [2.45, 2.75) is 13.3 Å². The number of benzene rings is 1. The first-order chi connectivity index (χ1) is 10.5. The molecular weight excluding hydrogens is 280 g/mol. The van der Waals surface area contributed by atoms with Gasteiger partial charge in [-0.25, -0.2) is 4.79 Å². The van der Waals surface area contributed by atoms with Crippen molar-refractivity contribution < 1.29 is 9.59 Å². The van der Waals surface area contributed by atoms with Crippen molar-refractivity contribution in [1.82, 2.24) is 10.2 Å². The smallest absolute Gasteiger partial charge is 0.319 e. The van der Waals surface area contributed by atoms with E-state index in [0.717, 1.165) is 31.9 Å². The van der Waals surface area contributed by atoms with Gasteiger partial charge in [-0.3, -0.25) is 4.79 Å². The third kappa shape index (κ3) is 5.04. The number of anilines is 2. The second-order valence-electron chi connectivity index (χ2n) is 5.67. The maximum atomic E-state index is 11.7. The van der Waals surface area contributed by atoms with E-state index in [0.29, 0.717) is 13.0 Å². The van der Waals surface area contributed by atoms with E-state index in [1.54, 1.807) is 0 Å². The predicted molar refractivity (Wildman–Crippen MR) is 88.5 cm³/mol. The Labute approximate surface area is 131 Å². The van der Waals surface area contributed by atoms with Crippen LogP contribution in [0.3, 0.4) is 0 Å². The number of rotatable bonds is 5. The minimum absolute atomic E-state index is 0.0665. The summed E-state index contributed by atoms with van der Waals surface area (Å²) in [6, 6.07) is 7.57. The minimum atomic E-state index is -0.284. The van der Waals surface area contributed by atoms with Crippen molar-refractivity contribution in [3.8, 4) is 0 Å². The number of hydrogen-bond acceptors (Lipinski definition) is 4. The van der Waals surface area contributed by atoms with Gasteiger partial charge in [0.05, 0.1) is 0 Å². The number of Topliss-reactive ketones (excluding diaryl/α,β-unsaturated/α-hetero) is 1. The molecule has 1 aromatic rings. The molecule has 0 spiro atoms. The second kappa shape index (κ2) is 7.79. The molecule has 22 heavy (non-hydrogen) atoms. The van der Waals surface area contributed by atoms with Crippen LogP contribution in [0, 0.1) is 0 Å². The topological polar surface area (TPSA) is 64.7 Å². The lowest BCUT2D eigenvalue weighted by Crippen LogP contribution is -2.44. The summed E-state index contributed by atoms with van der Waals surface area (Å²) < 4.78 is 0. The summed E-state index contributed by atoms with van der Waals surface area (Å²) in [5, 5.41) is 5.42. The first-order valence-corrected chi connectivity index (χ1v) is 7.62. The molecule has 0 radical (unpaired) electrons. The minimum Gasteiger partial charge on any atom is -0.369 e. The number of urea groups is 1. The Hall–Kier alpha value is -2.08. The maximum absolute atomic E-state index is 11.7. The van der Waals surface area contributed by atoms with Gasteiger partial charge in [-0.1, -0.05) is 0 Å². The van der Waals surface area contributed by atoms with Crippen LogP contribution in [0.1, 0.15) is 13.3 Å². The van der Waals surface area contributed by atoms with Crippen LogP contribution in [-0.4, -0.2) is 56.5 Å². The Kier molecular flexibility index (Phi) is 5.77. The highest BCUT2D eigenvalue weighted by Crippen LogP contribution is 2.19. The molecule has 0 atom stereocenters. The summed E-state index contributed by atoms with van der Waals surface area (Å²) >= 11 is 0. The number of hydrogen-bond donors (Lipinski definition) is 2.